The minimum atomic E-state index is -0.0456. The number of imidazole rings is 1. The fourth-order valence-electron chi connectivity index (χ4n) is 3.58. The molecule has 0 fully saturated rings. The van der Waals surface area contributed by atoms with Gasteiger partial charge in [0.15, 0.2) is 0 Å². The summed E-state index contributed by atoms with van der Waals surface area (Å²) in [7, 11) is 0. The Morgan fingerprint density at radius 1 is 1.23 bits per heavy atom. The Labute approximate surface area is 152 Å². The van der Waals surface area contributed by atoms with Gasteiger partial charge >= 0.3 is 5.69 Å². The summed E-state index contributed by atoms with van der Waals surface area (Å²) < 4.78 is 1.85. The first-order valence-corrected chi connectivity index (χ1v) is 9.12. The number of aromatic nitrogens is 2. The number of nitrogens with one attached hydrogen (secondary N) is 2. The van der Waals surface area contributed by atoms with Crippen molar-refractivity contribution in [3.63, 3.8) is 0 Å². The van der Waals surface area contributed by atoms with Crippen molar-refractivity contribution in [1.82, 2.24) is 9.55 Å². The van der Waals surface area contributed by atoms with Crippen molar-refractivity contribution < 1.29 is 0 Å². The van der Waals surface area contributed by atoms with E-state index in [2.05, 4.69) is 22.5 Å². The van der Waals surface area contributed by atoms with Crippen molar-refractivity contribution in [2.24, 2.45) is 5.92 Å². The fraction of sp³-hybridized carbons (Fsp3) is 0.286. The van der Waals surface area contributed by atoms with Crippen LogP contribution in [0.2, 0.25) is 0 Å². The van der Waals surface area contributed by atoms with E-state index in [4.69, 9.17) is 5.73 Å². The SMILES string of the molecule is Cc1ccc(Nc2ccc3c(c2)[nH]c(=O)n3CC2C=CCCC2)cc1N. The molecule has 2 aromatic carbocycles. The molecule has 0 saturated heterocycles. The second-order valence-electron chi connectivity index (χ2n) is 7.09. The zero-order valence-corrected chi connectivity index (χ0v) is 15.0. The monoisotopic (exact) mass is 348 g/mol. The van der Waals surface area contributed by atoms with Crippen LogP contribution in [0.15, 0.2) is 53.3 Å². The molecule has 1 aliphatic carbocycles. The molecule has 5 heteroatoms. The molecule has 26 heavy (non-hydrogen) atoms. The Hall–Kier alpha value is -2.95. The van der Waals surface area contributed by atoms with E-state index in [-0.39, 0.29) is 5.69 Å². The average molecular weight is 348 g/mol. The van der Waals surface area contributed by atoms with Gasteiger partial charge in [0.1, 0.15) is 0 Å². The summed E-state index contributed by atoms with van der Waals surface area (Å²) in [6.07, 6.45) is 7.96. The van der Waals surface area contributed by atoms with Gasteiger partial charge < -0.3 is 16.0 Å². The number of H-pyrrole nitrogens is 1. The molecule has 1 unspecified atom stereocenters. The van der Waals surface area contributed by atoms with Crippen LogP contribution >= 0.6 is 0 Å². The largest absolute Gasteiger partial charge is 0.398 e. The van der Waals surface area contributed by atoms with Gasteiger partial charge in [-0.2, -0.15) is 0 Å². The van der Waals surface area contributed by atoms with Crippen LogP contribution in [0.1, 0.15) is 24.8 Å². The van der Waals surface area contributed by atoms with Crippen LogP contribution in [-0.2, 0) is 6.54 Å². The van der Waals surface area contributed by atoms with Gasteiger partial charge in [0.2, 0.25) is 0 Å². The van der Waals surface area contributed by atoms with Crippen LogP contribution in [0.3, 0.4) is 0 Å². The molecular formula is C21H24N4O. The van der Waals surface area contributed by atoms with Gasteiger partial charge in [-0.15, -0.1) is 0 Å². The van der Waals surface area contributed by atoms with Crippen LogP contribution in [0, 0.1) is 12.8 Å². The number of hydrogen-bond donors (Lipinski definition) is 3. The second-order valence-corrected chi connectivity index (χ2v) is 7.09. The van der Waals surface area contributed by atoms with E-state index in [0.717, 1.165) is 53.0 Å². The first-order valence-electron chi connectivity index (χ1n) is 9.12. The molecule has 5 nitrogen and oxygen atoms in total. The number of aromatic amines is 1. The first kappa shape index (κ1) is 16.5. The summed E-state index contributed by atoms with van der Waals surface area (Å²) >= 11 is 0. The van der Waals surface area contributed by atoms with Crippen molar-refractivity contribution in [2.45, 2.75) is 32.7 Å². The molecule has 0 saturated carbocycles. The zero-order valence-electron chi connectivity index (χ0n) is 15.0. The van der Waals surface area contributed by atoms with Crippen molar-refractivity contribution in [3.8, 4) is 0 Å². The normalized spacial score (nSPS) is 16.9. The topological polar surface area (TPSA) is 75.8 Å². The number of hydrogen-bond acceptors (Lipinski definition) is 3. The molecule has 4 N–H and O–H groups in total. The van der Waals surface area contributed by atoms with Gasteiger partial charge in [0.05, 0.1) is 11.0 Å². The van der Waals surface area contributed by atoms with Crippen molar-refractivity contribution >= 4 is 28.1 Å². The molecule has 3 aromatic rings. The molecule has 0 spiro atoms. The number of anilines is 3. The maximum Gasteiger partial charge on any atom is 0.326 e. The van der Waals surface area contributed by atoms with E-state index in [0.29, 0.717) is 5.92 Å². The summed E-state index contributed by atoms with van der Waals surface area (Å²) in [4.78, 5) is 15.4. The molecule has 4 rings (SSSR count). The lowest BCUT2D eigenvalue weighted by molar-refractivity contribution is 0.466. The highest BCUT2D eigenvalue weighted by Crippen LogP contribution is 2.25. The highest BCUT2D eigenvalue weighted by Gasteiger charge is 2.14. The van der Waals surface area contributed by atoms with Crippen LogP contribution < -0.4 is 16.7 Å². The van der Waals surface area contributed by atoms with E-state index in [9.17, 15) is 4.79 Å². The van der Waals surface area contributed by atoms with Gasteiger partial charge in [0.25, 0.3) is 0 Å². The summed E-state index contributed by atoms with van der Waals surface area (Å²) in [5.41, 5.74) is 11.4. The molecule has 1 aromatic heterocycles. The minimum absolute atomic E-state index is 0.0456. The van der Waals surface area contributed by atoms with E-state index in [1.165, 1.54) is 6.42 Å². The van der Waals surface area contributed by atoms with Crippen molar-refractivity contribution in [3.05, 3.63) is 64.6 Å². The Balaban J connectivity index is 1.61. The van der Waals surface area contributed by atoms with Crippen LogP contribution in [-0.4, -0.2) is 9.55 Å². The summed E-state index contributed by atoms with van der Waals surface area (Å²) in [6.45, 7) is 2.72. The summed E-state index contributed by atoms with van der Waals surface area (Å²) in [5, 5.41) is 3.35. The lowest BCUT2D eigenvalue weighted by Gasteiger charge is -2.16. The molecular weight excluding hydrogens is 324 g/mol. The molecule has 1 heterocycles. The fourth-order valence-corrected chi connectivity index (χ4v) is 3.58. The standard InChI is InChI=1S/C21H24N4O/c1-14-7-8-16(11-18(14)22)23-17-9-10-20-19(12-17)24-21(26)25(20)13-15-5-3-2-4-6-15/h3,5,7-12,15,23H,2,4,6,13,22H2,1H3,(H,24,26). The quantitative estimate of drug-likeness (QED) is 0.485. The third-order valence-electron chi connectivity index (χ3n) is 5.11. The maximum absolute atomic E-state index is 12.4. The number of fused-ring (bicyclic) bond motifs is 1. The number of nitrogens with two attached hydrogens (primary N) is 1. The van der Waals surface area contributed by atoms with Crippen molar-refractivity contribution in [2.75, 3.05) is 11.1 Å². The van der Waals surface area contributed by atoms with Gasteiger partial charge in [-0.25, -0.2) is 4.79 Å². The minimum Gasteiger partial charge on any atom is -0.398 e. The summed E-state index contributed by atoms with van der Waals surface area (Å²) in [6, 6.07) is 11.9. The number of nitrogen functional groups attached to an aromatic ring is 1. The highest BCUT2D eigenvalue weighted by molar-refractivity contribution is 5.81. The van der Waals surface area contributed by atoms with E-state index in [1.54, 1.807) is 0 Å². The third-order valence-corrected chi connectivity index (χ3v) is 5.11. The second kappa shape index (κ2) is 6.75. The highest BCUT2D eigenvalue weighted by atomic mass is 16.1. The van der Waals surface area contributed by atoms with Gasteiger partial charge in [-0.1, -0.05) is 18.2 Å². The Bertz CT molecular complexity index is 1030. The lowest BCUT2D eigenvalue weighted by Crippen LogP contribution is -2.21. The molecule has 0 bridgehead atoms. The van der Waals surface area contributed by atoms with E-state index < -0.39 is 0 Å². The number of rotatable bonds is 4. The van der Waals surface area contributed by atoms with Crippen molar-refractivity contribution in [1.29, 1.82) is 0 Å². The molecule has 0 radical (unpaired) electrons. The van der Waals surface area contributed by atoms with Gasteiger partial charge in [-0.05, 0) is 68.0 Å². The molecule has 134 valence electrons. The number of benzene rings is 2. The average Bonchev–Trinajstić information content (AvgIpc) is 2.94. The lowest BCUT2D eigenvalue weighted by atomic mass is 9.96. The van der Waals surface area contributed by atoms with E-state index in [1.807, 2.05) is 47.9 Å². The number of aryl methyl sites for hydroxylation is 1. The predicted octanol–water partition coefficient (Wildman–Crippen LogP) is 4.32. The maximum atomic E-state index is 12.4. The first-order chi connectivity index (χ1) is 12.6. The summed E-state index contributed by atoms with van der Waals surface area (Å²) in [5.74, 6) is 0.439. The molecule has 1 aliphatic rings. The predicted molar refractivity (Wildman–Crippen MR) is 108 cm³/mol. The third kappa shape index (κ3) is 3.25. The number of allylic oxidation sites excluding steroid dienone is 2. The Kier molecular flexibility index (Phi) is 4.29. The molecule has 0 amide bonds. The molecule has 0 aliphatic heterocycles. The van der Waals surface area contributed by atoms with Crippen LogP contribution in [0.5, 0.6) is 0 Å². The Morgan fingerprint density at radius 3 is 2.81 bits per heavy atom. The van der Waals surface area contributed by atoms with Crippen LogP contribution in [0.4, 0.5) is 17.1 Å². The van der Waals surface area contributed by atoms with Gasteiger partial charge in [0, 0.05) is 23.6 Å². The van der Waals surface area contributed by atoms with Crippen LogP contribution in [0.25, 0.3) is 11.0 Å². The molecule has 1 atom stereocenters. The van der Waals surface area contributed by atoms with E-state index >= 15 is 0 Å². The smallest absolute Gasteiger partial charge is 0.326 e. The Morgan fingerprint density at radius 2 is 2.04 bits per heavy atom. The number of nitrogens with zero attached hydrogens (tertiary/aromatic N) is 1. The zero-order chi connectivity index (χ0) is 18.1. The van der Waals surface area contributed by atoms with Gasteiger partial charge in [-0.3, -0.25) is 4.57 Å².